The highest BCUT2D eigenvalue weighted by Crippen LogP contribution is 2.05. The number of ether oxygens (including phenoxy) is 1. The molecule has 1 rings (SSSR count). The van der Waals surface area contributed by atoms with Crippen molar-refractivity contribution < 1.29 is 14.3 Å². The van der Waals surface area contributed by atoms with Gasteiger partial charge in [-0.15, -0.1) is 0 Å². The average Bonchev–Trinajstić information content (AvgIpc) is 2.94. The van der Waals surface area contributed by atoms with Crippen LogP contribution in [0.15, 0.2) is 91.4 Å². The lowest BCUT2D eigenvalue weighted by atomic mass is 10.1. The van der Waals surface area contributed by atoms with E-state index in [9.17, 15) is 9.59 Å². The molecule has 0 unspecified atom stereocenters. The van der Waals surface area contributed by atoms with Crippen LogP contribution in [0.25, 0.3) is 6.08 Å². The fraction of sp³-hybridized carbons (Fsp3) is 0.457. The van der Waals surface area contributed by atoms with E-state index in [1.807, 2.05) is 24.3 Å². The number of unbranched alkanes of at least 4 members (excludes halogenated alkanes) is 1. The first-order chi connectivity index (χ1) is 19.2. The molecule has 0 N–H and O–H groups in total. The van der Waals surface area contributed by atoms with E-state index in [4.69, 9.17) is 4.74 Å². The molecule has 1 heterocycles. The van der Waals surface area contributed by atoms with Crippen LogP contribution in [0, 0.1) is 0 Å². The second kappa shape index (κ2) is 26.5. The van der Waals surface area contributed by atoms with Gasteiger partial charge < -0.3 is 4.74 Å². The fourth-order valence-electron chi connectivity index (χ4n) is 3.66. The van der Waals surface area contributed by atoms with Crippen LogP contribution in [0.2, 0.25) is 0 Å². The van der Waals surface area contributed by atoms with E-state index < -0.39 is 0 Å². The molecule has 4 nitrogen and oxygen atoms in total. The molecule has 1 aromatic rings. The van der Waals surface area contributed by atoms with Crippen molar-refractivity contribution in [1.82, 2.24) is 4.98 Å². The standard InChI is InChI=1S/C35H49NO3/c1-2-3-4-5-6-7-8-9-10-11-12-13-14-15-16-17-18-25-34(37)27-21-30-39-31-22-28-35(38)26-19-23-33-24-20-29-36-32-33/h3-4,6-7,9-10,12-13,15-16,19-20,23-24,29,32H,2,5,8,11,14,17-18,21-22,25-28,30-31H2,1H3/b4-3-,7-6-,10-9-,13-12-,16-15-,23-19+. The number of ketones is 2. The molecule has 0 amide bonds. The SMILES string of the molecule is CC/C=C\C/C=C\C/C=C\C/C=C\C/C=C\CCCC(=O)CCCOCCCC(=O)C/C=C/c1cccnc1. The Kier molecular flexibility index (Phi) is 23.0. The van der Waals surface area contributed by atoms with Gasteiger partial charge in [-0.25, -0.2) is 0 Å². The van der Waals surface area contributed by atoms with E-state index >= 15 is 0 Å². The van der Waals surface area contributed by atoms with Crippen LogP contribution in [-0.2, 0) is 14.3 Å². The summed E-state index contributed by atoms with van der Waals surface area (Å²) in [6.45, 7) is 3.30. The predicted molar refractivity (Wildman–Crippen MR) is 165 cm³/mol. The smallest absolute Gasteiger partial charge is 0.136 e. The molecule has 0 aliphatic rings. The zero-order valence-corrected chi connectivity index (χ0v) is 24.0. The number of hydrogen-bond acceptors (Lipinski definition) is 4. The maximum atomic E-state index is 12.0. The summed E-state index contributed by atoms with van der Waals surface area (Å²) in [4.78, 5) is 28.0. The minimum absolute atomic E-state index is 0.210. The third kappa shape index (κ3) is 23.7. The summed E-state index contributed by atoms with van der Waals surface area (Å²) in [6, 6.07) is 3.83. The Balaban J connectivity index is 1.89. The number of aromatic nitrogens is 1. The van der Waals surface area contributed by atoms with Crippen LogP contribution >= 0.6 is 0 Å². The van der Waals surface area contributed by atoms with Gasteiger partial charge in [-0.05, 0) is 69.4 Å². The van der Waals surface area contributed by atoms with E-state index in [2.05, 4.69) is 72.7 Å². The molecular formula is C35H49NO3. The number of hydrogen-bond donors (Lipinski definition) is 0. The topological polar surface area (TPSA) is 56.3 Å². The molecule has 0 spiro atoms. The summed E-state index contributed by atoms with van der Waals surface area (Å²) < 4.78 is 5.59. The minimum atomic E-state index is 0.210. The van der Waals surface area contributed by atoms with Crippen molar-refractivity contribution in [3.8, 4) is 0 Å². The maximum Gasteiger partial charge on any atom is 0.136 e. The number of Topliss-reactive ketones (excluding diaryl/α,β-unsaturated/α-hetero) is 2. The van der Waals surface area contributed by atoms with Gasteiger partial charge in [0.15, 0.2) is 0 Å². The summed E-state index contributed by atoms with van der Waals surface area (Å²) in [5, 5.41) is 0. The highest BCUT2D eigenvalue weighted by atomic mass is 16.5. The van der Waals surface area contributed by atoms with E-state index in [1.54, 1.807) is 12.4 Å². The Morgan fingerprint density at radius 3 is 1.87 bits per heavy atom. The second-order valence-electron chi connectivity index (χ2n) is 9.39. The molecule has 0 aromatic carbocycles. The lowest BCUT2D eigenvalue weighted by molar-refractivity contribution is -0.119. The Bertz CT molecular complexity index is 922. The van der Waals surface area contributed by atoms with Gasteiger partial charge in [-0.2, -0.15) is 0 Å². The molecule has 0 saturated carbocycles. The minimum Gasteiger partial charge on any atom is -0.381 e. The van der Waals surface area contributed by atoms with Gasteiger partial charge in [-0.1, -0.05) is 85.9 Å². The Hall–Kier alpha value is -3.11. The highest BCUT2D eigenvalue weighted by Gasteiger charge is 2.02. The van der Waals surface area contributed by atoms with E-state index in [-0.39, 0.29) is 5.78 Å². The quantitative estimate of drug-likeness (QED) is 0.0986. The van der Waals surface area contributed by atoms with Gasteiger partial charge >= 0.3 is 0 Å². The molecule has 0 saturated heterocycles. The number of carbonyl (C=O) groups excluding carboxylic acids is 2. The summed E-state index contributed by atoms with van der Waals surface area (Å²) >= 11 is 0. The first-order valence-electron chi connectivity index (χ1n) is 14.6. The van der Waals surface area contributed by atoms with Crippen molar-refractivity contribution in [3.63, 3.8) is 0 Å². The summed E-state index contributed by atoms with van der Waals surface area (Å²) in [6.07, 6.45) is 39.8. The zero-order chi connectivity index (χ0) is 28.1. The van der Waals surface area contributed by atoms with Crippen molar-refractivity contribution >= 4 is 17.6 Å². The molecule has 4 heteroatoms. The van der Waals surface area contributed by atoms with Crippen LogP contribution in [0.1, 0.15) is 96.0 Å². The maximum absolute atomic E-state index is 12.0. The summed E-state index contributed by atoms with van der Waals surface area (Å²) in [5.74, 6) is 0.517. The van der Waals surface area contributed by atoms with Crippen LogP contribution < -0.4 is 0 Å². The lowest BCUT2D eigenvalue weighted by Gasteiger charge is -2.04. The third-order valence-electron chi connectivity index (χ3n) is 5.81. The van der Waals surface area contributed by atoms with E-state index in [1.165, 1.54) is 0 Å². The number of rotatable bonds is 24. The van der Waals surface area contributed by atoms with Crippen molar-refractivity contribution in [2.75, 3.05) is 13.2 Å². The summed E-state index contributed by atoms with van der Waals surface area (Å²) in [7, 11) is 0. The molecular weight excluding hydrogens is 482 g/mol. The van der Waals surface area contributed by atoms with Gasteiger partial charge in [0.1, 0.15) is 11.6 Å². The van der Waals surface area contributed by atoms with Crippen LogP contribution in [0.3, 0.4) is 0 Å². The zero-order valence-electron chi connectivity index (χ0n) is 24.0. The number of allylic oxidation sites excluding steroid dienone is 11. The van der Waals surface area contributed by atoms with Gasteiger partial charge in [-0.3, -0.25) is 14.6 Å². The van der Waals surface area contributed by atoms with Crippen molar-refractivity contribution in [3.05, 3.63) is 96.9 Å². The first-order valence-corrected chi connectivity index (χ1v) is 14.6. The van der Waals surface area contributed by atoms with Crippen molar-refractivity contribution in [2.45, 2.75) is 90.4 Å². The van der Waals surface area contributed by atoms with Crippen LogP contribution in [-0.4, -0.2) is 29.8 Å². The third-order valence-corrected chi connectivity index (χ3v) is 5.81. The molecule has 0 atom stereocenters. The van der Waals surface area contributed by atoms with Gasteiger partial charge in [0, 0.05) is 51.3 Å². The van der Waals surface area contributed by atoms with Crippen molar-refractivity contribution in [2.24, 2.45) is 0 Å². The first kappa shape index (κ1) is 33.9. The van der Waals surface area contributed by atoms with E-state index in [0.29, 0.717) is 44.7 Å². The molecule has 0 fully saturated rings. The van der Waals surface area contributed by atoms with Crippen molar-refractivity contribution in [1.29, 1.82) is 0 Å². The fourth-order valence-corrected chi connectivity index (χ4v) is 3.66. The molecule has 0 aliphatic carbocycles. The normalized spacial score (nSPS) is 12.4. The molecule has 1 aromatic heterocycles. The number of pyridine rings is 1. The number of nitrogens with zero attached hydrogens (tertiary/aromatic N) is 1. The van der Waals surface area contributed by atoms with E-state index in [0.717, 1.165) is 63.4 Å². The second-order valence-corrected chi connectivity index (χ2v) is 9.39. The molecule has 39 heavy (non-hydrogen) atoms. The highest BCUT2D eigenvalue weighted by molar-refractivity contribution is 5.80. The van der Waals surface area contributed by atoms with Gasteiger partial charge in [0.25, 0.3) is 0 Å². The van der Waals surface area contributed by atoms with Crippen LogP contribution in [0.5, 0.6) is 0 Å². The Morgan fingerprint density at radius 2 is 1.28 bits per heavy atom. The monoisotopic (exact) mass is 531 g/mol. The lowest BCUT2D eigenvalue weighted by Crippen LogP contribution is -2.04. The molecule has 212 valence electrons. The van der Waals surface area contributed by atoms with Gasteiger partial charge in [0.2, 0.25) is 0 Å². The molecule has 0 radical (unpaired) electrons. The number of carbonyl (C=O) groups is 2. The average molecular weight is 532 g/mol. The Morgan fingerprint density at radius 1 is 0.718 bits per heavy atom. The molecule has 0 aliphatic heterocycles. The molecule has 0 bridgehead atoms. The summed E-state index contributed by atoms with van der Waals surface area (Å²) in [5.41, 5.74) is 0.998. The van der Waals surface area contributed by atoms with Crippen LogP contribution in [0.4, 0.5) is 0 Å². The van der Waals surface area contributed by atoms with Gasteiger partial charge in [0.05, 0.1) is 0 Å². The predicted octanol–water partition coefficient (Wildman–Crippen LogP) is 9.12. The largest absolute Gasteiger partial charge is 0.381 e. The Labute approximate surface area is 237 Å².